The lowest BCUT2D eigenvalue weighted by Crippen LogP contribution is -2.27. The summed E-state index contributed by atoms with van der Waals surface area (Å²) in [5.41, 5.74) is 2.76. The van der Waals surface area contributed by atoms with Gasteiger partial charge < -0.3 is 15.6 Å². The van der Waals surface area contributed by atoms with Crippen LogP contribution in [0.3, 0.4) is 0 Å². The number of aromatic amines is 1. The van der Waals surface area contributed by atoms with E-state index in [1.54, 1.807) is 24.7 Å². The summed E-state index contributed by atoms with van der Waals surface area (Å²) in [6, 6.07) is 3.50. The Morgan fingerprint density at radius 2 is 2.07 bits per heavy atom. The number of pyridine rings is 2. The van der Waals surface area contributed by atoms with Gasteiger partial charge in [0.15, 0.2) is 5.65 Å². The summed E-state index contributed by atoms with van der Waals surface area (Å²) in [6.07, 6.45) is 10.9. The molecule has 0 atom stereocenters. The van der Waals surface area contributed by atoms with Crippen LogP contribution in [-0.2, 0) is 13.1 Å². The zero-order chi connectivity index (χ0) is 20.2. The molecule has 4 rings (SSSR count). The first-order chi connectivity index (χ1) is 14.2. The number of amides is 1. The number of carbonyl (C=O) groups excluding carboxylic acids is 1. The van der Waals surface area contributed by atoms with Crippen LogP contribution < -0.4 is 16.2 Å². The van der Waals surface area contributed by atoms with Gasteiger partial charge in [0.2, 0.25) is 5.56 Å². The van der Waals surface area contributed by atoms with Crippen LogP contribution >= 0.6 is 0 Å². The number of nitrogens with one attached hydrogen (secondary N) is 3. The number of aromatic nitrogens is 4. The Balaban J connectivity index is 1.62. The number of anilines is 1. The van der Waals surface area contributed by atoms with Crippen molar-refractivity contribution in [1.82, 2.24) is 25.1 Å². The van der Waals surface area contributed by atoms with Crippen LogP contribution in [0.5, 0.6) is 0 Å². The van der Waals surface area contributed by atoms with E-state index >= 15 is 0 Å². The molecule has 8 heteroatoms. The normalized spacial score (nSPS) is 14.8. The lowest BCUT2D eigenvalue weighted by molar-refractivity contribution is 0.0951. The zero-order valence-corrected chi connectivity index (χ0v) is 16.6. The van der Waals surface area contributed by atoms with Gasteiger partial charge in [0.1, 0.15) is 0 Å². The minimum Gasteiger partial charge on any atom is -0.381 e. The zero-order valence-electron chi connectivity index (χ0n) is 16.6. The fourth-order valence-electron chi connectivity index (χ4n) is 3.87. The molecule has 8 nitrogen and oxygen atoms in total. The Hall–Kier alpha value is -3.16. The predicted molar refractivity (Wildman–Crippen MR) is 112 cm³/mol. The maximum absolute atomic E-state index is 13.0. The Morgan fingerprint density at radius 1 is 1.24 bits per heavy atom. The Kier molecular flexibility index (Phi) is 5.59. The lowest BCUT2D eigenvalue weighted by Gasteiger charge is -2.25. The van der Waals surface area contributed by atoms with E-state index in [1.807, 2.05) is 11.6 Å². The number of H-pyrrole nitrogens is 1. The van der Waals surface area contributed by atoms with Crippen LogP contribution in [0.1, 0.15) is 54.9 Å². The van der Waals surface area contributed by atoms with E-state index in [1.165, 1.54) is 25.3 Å². The third-order valence-corrected chi connectivity index (χ3v) is 5.47. The van der Waals surface area contributed by atoms with Crippen molar-refractivity contribution in [1.29, 1.82) is 0 Å². The van der Waals surface area contributed by atoms with Crippen molar-refractivity contribution in [3.63, 3.8) is 0 Å². The van der Waals surface area contributed by atoms with Gasteiger partial charge in [-0.15, -0.1) is 0 Å². The van der Waals surface area contributed by atoms with Crippen LogP contribution in [0.4, 0.5) is 5.69 Å². The van der Waals surface area contributed by atoms with Crippen LogP contribution in [0, 0.1) is 0 Å². The molecule has 1 aliphatic carbocycles. The highest BCUT2D eigenvalue weighted by atomic mass is 16.1. The SMILES string of the molecule is CCn1ncc2c(NC3CCCCC3)c(C(=O)NCc3ccc(=O)[nH]c3)cnc21. The van der Waals surface area contributed by atoms with Gasteiger partial charge in [0, 0.05) is 37.6 Å². The first-order valence-corrected chi connectivity index (χ1v) is 10.2. The fourth-order valence-corrected chi connectivity index (χ4v) is 3.87. The van der Waals surface area contributed by atoms with Crippen molar-refractivity contribution in [2.75, 3.05) is 5.32 Å². The molecule has 0 aliphatic heterocycles. The number of hydrogen-bond donors (Lipinski definition) is 3. The quantitative estimate of drug-likeness (QED) is 0.596. The van der Waals surface area contributed by atoms with E-state index in [4.69, 9.17) is 0 Å². The molecular weight excluding hydrogens is 368 g/mol. The first kappa shape index (κ1) is 19.2. The molecule has 152 valence electrons. The molecular formula is C21H26N6O2. The average Bonchev–Trinajstić information content (AvgIpc) is 3.18. The van der Waals surface area contributed by atoms with E-state index in [9.17, 15) is 9.59 Å². The second kappa shape index (κ2) is 8.46. The molecule has 3 aromatic heterocycles. The number of rotatable bonds is 6. The topological polar surface area (TPSA) is 105 Å². The number of hydrogen-bond acceptors (Lipinski definition) is 5. The van der Waals surface area contributed by atoms with Crippen molar-refractivity contribution in [3.8, 4) is 0 Å². The summed E-state index contributed by atoms with van der Waals surface area (Å²) in [5, 5.41) is 11.8. The van der Waals surface area contributed by atoms with E-state index in [2.05, 4.69) is 25.7 Å². The average molecular weight is 394 g/mol. The minimum absolute atomic E-state index is 0.165. The maximum Gasteiger partial charge on any atom is 0.255 e. The fraction of sp³-hybridized carbons (Fsp3) is 0.429. The van der Waals surface area contributed by atoms with Crippen LogP contribution in [0.2, 0.25) is 0 Å². The highest BCUT2D eigenvalue weighted by Gasteiger charge is 2.21. The maximum atomic E-state index is 13.0. The van der Waals surface area contributed by atoms with Crippen molar-refractivity contribution in [3.05, 3.63) is 52.2 Å². The molecule has 3 N–H and O–H groups in total. The van der Waals surface area contributed by atoms with Gasteiger partial charge in [-0.05, 0) is 25.3 Å². The summed E-state index contributed by atoms with van der Waals surface area (Å²) < 4.78 is 1.84. The largest absolute Gasteiger partial charge is 0.381 e. The Bertz CT molecular complexity index is 1040. The van der Waals surface area contributed by atoms with Crippen molar-refractivity contribution in [2.45, 2.75) is 58.2 Å². The summed E-state index contributed by atoms with van der Waals surface area (Å²) in [4.78, 5) is 31.3. The molecule has 1 aliphatic rings. The summed E-state index contributed by atoms with van der Waals surface area (Å²) in [7, 11) is 0. The van der Waals surface area contributed by atoms with Crippen molar-refractivity contribution in [2.24, 2.45) is 0 Å². The van der Waals surface area contributed by atoms with Gasteiger partial charge in [-0.2, -0.15) is 5.10 Å². The van der Waals surface area contributed by atoms with Crippen LogP contribution in [0.25, 0.3) is 11.0 Å². The summed E-state index contributed by atoms with van der Waals surface area (Å²) in [6.45, 7) is 3.06. The molecule has 1 amide bonds. The van der Waals surface area contributed by atoms with E-state index < -0.39 is 0 Å². The second-order valence-corrected chi connectivity index (χ2v) is 7.47. The highest BCUT2D eigenvalue weighted by Crippen LogP contribution is 2.29. The third-order valence-electron chi connectivity index (χ3n) is 5.47. The van der Waals surface area contributed by atoms with E-state index in [0.29, 0.717) is 18.2 Å². The molecule has 3 aromatic rings. The highest BCUT2D eigenvalue weighted by molar-refractivity contribution is 6.06. The molecule has 0 saturated heterocycles. The Morgan fingerprint density at radius 3 is 2.79 bits per heavy atom. The van der Waals surface area contributed by atoms with Crippen LogP contribution in [-0.4, -0.2) is 31.7 Å². The van der Waals surface area contributed by atoms with Crippen molar-refractivity contribution >= 4 is 22.6 Å². The first-order valence-electron chi connectivity index (χ1n) is 10.2. The summed E-state index contributed by atoms with van der Waals surface area (Å²) >= 11 is 0. The minimum atomic E-state index is -0.201. The smallest absolute Gasteiger partial charge is 0.255 e. The van der Waals surface area contributed by atoms with Crippen LogP contribution in [0.15, 0.2) is 35.5 Å². The molecule has 0 spiro atoms. The van der Waals surface area contributed by atoms with Gasteiger partial charge >= 0.3 is 0 Å². The number of fused-ring (bicyclic) bond motifs is 1. The number of nitrogens with zero attached hydrogens (tertiary/aromatic N) is 3. The molecule has 1 saturated carbocycles. The monoisotopic (exact) mass is 394 g/mol. The van der Waals surface area contributed by atoms with Gasteiger partial charge in [-0.1, -0.05) is 25.3 Å². The standard InChI is InChI=1S/C21H26N6O2/c1-2-27-20-16(13-25-27)19(26-15-6-4-3-5-7-15)17(12-23-20)21(29)24-11-14-8-9-18(28)22-10-14/h8-10,12-13,15H,2-7,11H2,1H3,(H,22,28)(H,23,26)(H,24,29). The molecule has 3 heterocycles. The summed E-state index contributed by atoms with van der Waals surface area (Å²) in [5.74, 6) is -0.201. The van der Waals surface area contributed by atoms with Gasteiger partial charge in [-0.3, -0.25) is 9.59 Å². The number of aryl methyl sites for hydroxylation is 1. The molecule has 0 bridgehead atoms. The van der Waals surface area contributed by atoms with Gasteiger partial charge in [-0.25, -0.2) is 9.67 Å². The predicted octanol–water partition coefficient (Wildman–Crippen LogP) is 2.81. The van der Waals surface area contributed by atoms with E-state index in [-0.39, 0.29) is 11.5 Å². The van der Waals surface area contributed by atoms with Crippen molar-refractivity contribution < 1.29 is 4.79 Å². The second-order valence-electron chi connectivity index (χ2n) is 7.47. The molecule has 29 heavy (non-hydrogen) atoms. The molecule has 0 unspecified atom stereocenters. The lowest BCUT2D eigenvalue weighted by atomic mass is 9.95. The third kappa shape index (κ3) is 4.16. The molecule has 0 radical (unpaired) electrons. The van der Waals surface area contributed by atoms with Gasteiger partial charge in [0.05, 0.1) is 22.8 Å². The molecule has 1 fully saturated rings. The Labute approximate surface area is 168 Å². The number of carbonyl (C=O) groups is 1. The van der Waals surface area contributed by atoms with Gasteiger partial charge in [0.25, 0.3) is 5.91 Å². The molecule has 0 aromatic carbocycles. The van der Waals surface area contributed by atoms with E-state index in [0.717, 1.165) is 41.7 Å².